The number of benzene rings is 1. The molecule has 23 heavy (non-hydrogen) atoms. The van der Waals surface area contributed by atoms with Crippen LogP contribution >= 0.6 is 0 Å². The van der Waals surface area contributed by atoms with Crippen molar-refractivity contribution in [1.82, 2.24) is 9.97 Å². The van der Waals surface area contributed by atoms with Crippen LogP contribution in [0.1, 0.15) is 38.8 Å². The van der Waals surface area contributed by atoms with Crippen LogP contribution in [0, 0.1) is 6.92 Å². The van der Waals surface area contributed by atoms with Crippen LogP contribution < -0.4 is 15.4 Å². The predicted octanol–water partition coefficient (Wildman–Crippen LogP) is 4.53. The second-order valence-electron chi connectivity index (χ2n) is 5.41. The molecule has 0 aliphatic rings. The Hall–Kier alpha value is -2.30. The highest BCUT2D eigenvalue weighted by molar-refractivity contribution is 5.64. The van der Waals surface area contributed by atoms with E-state index in [1.165, 1.54) is 12.8 Å². The van der Waals surface area contributed by atoms with Crippen LogP contribution in [-0.2, 0) is 0 Å². The van der Waals surface area contributed by atoms with E-state index in [2.05, 4.69) is 27.5 Å². The number of aromatic nitrogens is 2. The summed E-state index contributed by atoms with van der Waals surface area (Å²) in [6.45, 7) is 7.67. The Labute approximate surface area is 138 Å². The first-order valence-corrected chi connectivity index (χ1v) is 8.31. The van der Waals surface area contributed by atoms with Crippen molar-refractivity contribution in [2.24, 2.45) is 0 Å². The van der Waals surface area contributed by atoms with Crippen molar-refractivity contribution in [2.75, 3.05) is 23.8 Å². The maximum atomic E-state index is 5.64. The zero-order chi connectivity index (χ0) is 16.5. The monoisotopic (exact) mass is 314 g/mol. The summed E-state index contributed by atoms with van der Waals surface area (Å²) in [6, 6.07) is 9.80. The van der Waals surface area contributed by atoms with Gasteiger partial charge in [0.1, 0.15) is 11.6 Å². The first kappa shape index (κ1) is 17.1. The third-order valence-electron chi connectivity index (χ3n) is 3.37. The quantitative estimate of drug-likeness (QED) is 0.666. The van der Waals surface area contributed by atoms with Crippen molar-refractivity contribution >= 4 is 17.5 Å². The minimum Gasteiger partial charge on any atom is -0.492 e. The number of hydrogen-bond acceptors (Lipinski definition) is 5. The topological polar surface area (TPSA) is 59.1 Å². The summed E-state index contributed by atoms with van der Waals surface area (Å²) in [4.78, 5) is 8.98. The summed E-state index contributed by atoms with van der Waals surface area (Å²) in [5, 5.41) is 6.62. The number of para-hydroxylation sites is 2. The Morgan fingerprint density at radius 3 is 2.70 bits per heavy atom. The molecular formula is C18H26N4O. The van der Waals surface area contributed by atoms with Gasteiger partial charge in [0.05, 0.1) is 12.3 Å². The van der Waals surface area contributed by atoms with Gasteiger partial charge >= 0.3 is 0 Å². The largest absolute Gasteiger partial charge is 0.492 e. The molecule has 0 spiro atoms. The molecule has 5 heteroatoms. The van der Waals surface area contributed by atoms with Crippen LogP contribution in [0.5, 0.6) is 5.75 Å². The minimum atomic E-state index is 0.631. The van der Waals surface area contributed by atoms with Gasteiger partial charge in [-0.2, -0.15) is 4.98 Å². The van der Waals surface area contributed by atoms with Gasteiger partial charge in [0.25, 0.3) is 0 Å². The van der Waals surface area contributed by atoms with Crippen molar-refractivity contribution in [3.05, 3.63) is 36.0 Å². The Bertz CT molecular complexity index is 616. The Kier molecular flexibility index (Phi) is 6.66. The molecule has 124 valence electrons. The fraction of sp³-hybridized carbons (Fsp3) is 0.444. The van der Waals surface area contributed by atoms with Gasteiger partial charge in [-0.15, -0.1) is 0 Å². The van der Waals surface area contributed by atoms with Crippen LogP contribution in [0.25, 0.3) is 0 Å². The predicted molar refractivity (Wildman–Crippen MR) is 95.7 cm³/mol. The highest BCUT2D eigenvalue weighted by Gasteiger charge is 2.06. The fourth-order valence-corrected chi connectivity index (χ4v) is 2.28. The van der Waals surface area contributed by atoms with Crippen LogP contribution in [0.15, 0.2) is 30.3 Å². The third kappa shape index (κ3) is 5.43. The molecule has 0 radical (unpaired) electrons. The number of anilines is 3. The van der Waals surface area contributed by atoms with Gasteiger partial charge in [-0.25, -0.2) is 4.98 Å². The van der Waals surface area contributed by atoms with E-state index in [1.54, 1.807) is 0 Å². The van der Waals surface area contributed by atoms with E-state index in [0.29, 0.717) is 12.6 Å². The zero-order valence-electron chi connectivity index (χ0n) is 14.2. The molecule has 0 amide bonds. The van der Waals surface area contributed by atoms with E-state index < -0.39 is 0 Å². The van der Waals surface area contributed by atoms with Crippen molar-refractivity contribution in [3.8, 4) is 5.75 Å². The van der Waals surface area contributed by atoms with Crippen LogP contribution in [0.4, 0.5) is 17.5 Å². The van der Waals surface area contributed by atoms with Gasteiger partial charge in [0.15, 0.2) is 0 Å². The normalized spacial score (nSPS) is 10.4. The molecule has 1 aromatic carbocycles. The Morgan fingerprint density at radius 1 is 1.09 bits per heavy atom. The molecule has 2 aromatic rings. The molecule has 0 saturated carbocycles. The van der Waals surface area contributed by atoms with Gasteiger partial charge in [-0.1, -0.05) is 31.9 Å². The van der Waals surface area contributed by atoms with Crippen molar-refractivity contribution in [3.63, 3.8) is 0 Å². The number of unbranched alkanes of at least 4 members (excludes halogenated alkanes) is 2. The number of aryl methyl sites for hydroxylation is 1. The lowest BCUT2D eigenvalue weighted by Crippen LogP contribution is -2.08. The van der Waals surface area contributed by atoms with E-state index in [4.69, 9.17) is 4.74 Å². The van der Waals surface area contributed by atoms with Crippen molar-refractivity contribution in [2.45, 2.75) is 40.0 Å². The standard InChI is InChI=1S/C18H26N4O/c1-4-6-9-12-19-18-20-14(3)13-17(22-18)21-15-10-7-8-11-16(15)23-5-2/h7-8,10-11,13H,4-6,9,12H2,1-3H3,(H2,19,20,21,22). The average Bonchev–Trinajstić information content (AvgIpc) is 2.53. The number of hydrogen-bond donors (Lipinski definition) is 2. The fourth-order valence-electron chi connectivity index (χ4n) is 2.28. The van der Waals surface area contributed by atoms with Gasteiger partial charge in [0.2, 0.25) is 5.95 Å². The Morgan fingerprint density at radius 2 is 1.91 bits per heavy atom. The summed E-state index contributed by atoms with van der Waals surface area (Å²) in [7, 11) is 0. The number of nitrogens with one attached hydrogen (secondary N) is 2. The molecule has 2 rings (SSSR count). The molecule has 1 heterocycles. The van der Waals surface area contributed by atoms with Crippen LogP contribution in [-0.4, -0.2) is 23.1 Å². The average molecular weight is 314 g/mol. The summed E-state index contributed by atoms with van der Waals surface area (Å²) in [6.07, 6.45) is 3.55. The maximum absolute atomic E-state index is 5.64. The van der Waals surface area contributed by atoms with Crippen molar-refractivity contribution < 1.29 is 4.74 Å². The number of rotatable bonds is 9. The van der Waals surface area contributed by atoms with Gasteiger partial charge in [0, 0.05) is 18.3 Å². The lowest BCUT2D eigenvalue weighted by Gasteiger charge is -2.13. The number of nitrogens with zero attached hydrogens (tertiary/aromatic N) is 2. The van der Waals surface area contributed by atoms with E-state index in [0.717, 1.165) is 35.9 Å². The first-order valence-electron chi connectivity index (χ1n) is 8.31. The van der Waals surface area contributed by atoms with E-state index in [9.17, 15) is 0 Å². The molecule has 0 fully saturated rings. The molecule has 0 bridgehead atoms. The zero-order valence-corrected chi connectivity index (χ0v) is 14.2. The Balaban J connectivity index is 2.09. The highest BCUT2D eigenvalue weighted by Crippen LogP contribution is 2.27. The van der Waals surface area contributed by atoms with Crippen molar-refractivity contribution in [1.29, 1.82) is 0 Å². The van der Waals surface area contributed by atoms with Crippen LogP contribution in [0.3, 0.4) is 0 Å². The first-order chi connectivity index (χ1) is 11.2. The van der Waals surface area contributed by atoms with E-state index in [-0.39, 0.29) is 0 Å². The molecule has 5 nitrogen and oxygen atoms in total. The molecule has 0 saturated heterocycles. The molecule has 0 aliphatic carbocycles. The minimum absolute atomic E-state index is 0.631. The summed E-state index contributed by atoms with van der Waals surface area (Å²) >= 11 is 0. The van der Waals surface area contributed by atoms with Crippen LogP contribution in [0.2, 0.25) is 0 Å². The lowest BCUT2D eigenvalue weighted by molar-refractivity contribution is 0.342. The maximum Gasteiger partial charge on any atom is 0.224 e. The van der Waals surface area contributed by atoms with Gasteiger partial charge in [-0.05, 0) is 32.4 Å². The summed E-state index contributed by atoms with van der Waals surface area (Å²) in [5.41, 5.74) is 1.83. The number of ether oxygens (including phenoxy) is 1. The highest BCUT2D eigenvalue weighted by atomic mass is 16.5. The van der Waals surface area contributed by atoms with E-state index >= 15 is 0 Å². The molecule has 0 aliphatic heterocycles. The molecule has 1 aromatic heterocycles. The summed E-state index contributed by atoms with van der Waals surface area (Å²) < 4.78 is 5.64. The molecule has 2 N–H and O–H groups in total. The SMILES string of the molecule is CCCCCNc1nc(C)cc(Nc2ccccc2OCC)n1. The van der Waals surface area contributed by atoms with Gasteiger partial charge in [-0.3, -0.25) is 0 Å². The third-order valence-corrected chi connectivity index (χ3v) is 3.37. The second-order valence-corrected chi connectivity index (χ2v) is 5.41. The molecular weight excluding hydrogens is 288 g/mol. The van der Waals surface area contributed by atoms with E-state index in [1.807, 2.05) is 44.2 Å². The second kappa shape index (κ2) is 8.98. The summed E-state index contributed by atoms with van der Waals surface area (Å²) in [5.74, 6) is 2.25. The van der Waals surface area contributed by atoms with Gasteiger partial charge < -0.3 is 15.4 Å². The smallest absolute Gasteiger partial charge is 0.224 e. The lowest BCUT2D eigenvalue weighted by atomic mass is 10.2. The molecule has 0 atom stereocenters. The molecule has 0 unspecified atom stereocenters.